The maximum absolute atomic E-state index is 10.8. The van der Waals surface area contributed by atoms with Crippen LogP contribution < -0.4 is 4.89 Å². The average Bonchev–Trinajstić information content (AvgIpc) is 2.00. The van der Waals surface area contributed by atoms with Crippen molar-refractivity contribution in [3.05, 3.63) is 0 Å². The summed E-state index contributed by atoms with van der Waals surface area (Å²) in [5.41, 5.74) is 0. The van der Waals surface area contributed by atoms with E-state index in [9.17, 15) is 9.46 Å². The molecule has 0 saturated carbocycles. The minimum Gasteiger partial charge on any atom is -0.779 e. The van der Waals surface area contributed by atoms with Crippen molar-refractivity contribution in [3.8, 4) is 0 Å². The maximum atomic E-state index is 10.8. The number of rotatable bonds is 8. The van der Waals surface area contributed by atoms with Crippen molar-refractivity contribution in [1.29, 1.82) is 0 Å². The van der Waals surface area contributed by atoms with Crippen LogP contribution in [0.5, 0.6) is 0 Å². The van der Waals surface area contributed by atoms with Crippen LogP contribution >= 0.6 is 7.60 Å². The summed E-state index contributed by atoms with van der Waals surface area (Å²) in [6, 6.07) is 0. The van der Waals surface area contributed by atoms with Gasteiger partial charge in [0.05, 0.1) is 6.10 Å². The van der Waals surface area contributed by atoms with Crippen molar-refractivity contribution in [2.24, 2.45) is 0 Å². The zero-order valence-electron chi connectivity index (χ0n) is 9.49. The van der Waals surface area contributed by atoms with Crippen molar-refractivity contribution in [2.75, 3.05) is 6.66 Å². The van der Waals surface area contributed by atoms with Crippen LogP contribution in [0.15, 0.2) is 0 Å². The predicted octanol–water partition coefficient (Wildman–Crippen LogP) is 2.94. The van der Waals surface area contributed by atoms with Gasteiger partial charge in [-0.1, -0.05) is 39.0 Å². The van der Waals surface area contributed by atoms with Crippen molar-refractivity contribution >= 4 is 7.60 Å². The highest BCUT2D eigenvalue weighted by Crippen LogP contribution is 2.34. The minimum absolute atomic E-state index is 0.162. The maximum Gasteiger partial charge on any atom is 0.132 e. The average molecular weight is 221 g/mol. The molecule has 0 aliphatic rings. The molecule has 0 aromatic carbocycles. The number of hydrogen-bond acceptors (Lipinski definition) is 3. The molecule has 14 heavy (non-hydrogen) atoms. The molecule has 0 N–H and O–H groups in total. The summed E-state index contributed by atoms with van der Waals surface area (Å²) in [5, 5.41) is 0. The van der Waals surface area contributed by atoms with Crippen LogP contribution in [0.2, 0.25) is 0 Å². The lowest BCUT2D eigenvalue weighted by Crippen LogP contribution is -2.11. The van der Waals surface area contributed by atoms with Crippen molar-refractivity contribution in [2.45, 2.75) is 58.5 Å². The van der Waals surface area contributed by atoms with E-state index in [1.54, 1.807) is 0 Å². The van der Waals surface area contributed by atoms with Gasteiger partial charge < -0.3 is 14.0 Å². The third-order valence-electron chi connectivity index (χ3n) is 2.09. The van der Waals surface area contributed by atoms with E-state index in [0.717, 1.165) is 19.5 Å². The van der Waals surface area contributed by atoms with Gasteiger partial charge in [0.1, 0.15) is 7.60 Å². The molecule has 0 heterocycles. The van der Waals surface area contributed by atoms with Crippen molar-refractivity contribution in [1.82, 2.24) is 0 Å². The second-order valence-corrected chi connectivity index (χ2v) is 5.64. The fourth-order valence-electron chi connectivity index (χ4n) is 1.41. The molecule has 0 saturated heterocycles. The lowest BCUT2D eigenvalue weighted by Gasteiger charge is -2.22. The zero-order chi connectivity index (χ0) is 11.0. The zero-order valence-corrected chi connectivity index (χ0v) is 10.4. The topological polar surface area (TPSA) is 49.4 Å². The van der Waals surface area contributed by atoms with E-state index in [0.29, 0.717) is 0 Å². The van der Waals surface area contributed by atoms with Crippen LogP contribution in [-0.2, 0) is 9.09 Å². The second-order valence-electron chi connectivity index (χ2n) is 3.89. The molecule has 0 rings (SSSR count). The van der Waals surface area contributed by atoms with Crippen molar-refractivity contribution in [3.63, 3.8) is 0 Å². The smallest absolute Gasteiger partial charge is 0.132 e. The summed E-state index contributed by atoms with van der Waals surface area (Å²) < 4.78 is 15.6. The lowest BCUT2D eigenvalue weighted by molar-refractivity contribution is -0.200. The third-order valence-corrected chi connectivity index (χ3v) is 2.83. The van der Waals surface area contributed by atoms with Gasteiger partial charge in [-0.05, 0) is 13.3 Å². The molecule has 2 unspecified atom stereocenters. The van der Waals surface area contributed by atoms with Crippen LogP contribution in [0.1, 0.15) is 52.4 Å². The fourth-order valence-corrected chi connectivity index (χ4v) is 2.17. The van der Waals surface area contributed by atoms with Gasteiger partial charge >= 0.3 is 0 Å². The molecular formula is C10H22O3P-. The van der Waals surface area contributed by atoms with Crippen LogP contribution in [0, 0.1) is 0 Å². The molecule has 0 aromatic heterocycles. The van der Waals surface area contributed by atoms with Gasteiger partial charge in [0.15, 0.2) is 0 Å². The van der Waals surface area contributed by atoms with Gasteiger partial charge in [-0.3, -0.25) is 0 Å². The molecule has 0 radical (unpaired) electrons. The number of unbranched alkanes of at least 4 members (excludes halogenated alkanes) is 4. The molecule has 3 nitrogen and oxygen atoms in total. The second kappa shape index (κ2) is 7.44. The van der Waals surface area contributed by atoms with Gasteiger partial charge in [0.25, 0.3) is 0 Å². The summed E-state index contributed by atoms with van der Waals surface area (Å²) >= 11 is 0. The minimum atomic E-state index is -3.53. The Hall–Kier alpha value is 0.150. The highest BCUT2D eigenvalue weighted by Gasteiger charge is 2.07. The Morgan fingerprint density at radius 2 is 1.86 bits per heavy atom. The molecule has 4 heteroatoms. The lowest BCUT2D eigenvalue weighted by atomic mass is 10.1. The highest BCUT2D eigenvalue weighted by atomic mass is 31.2. The molecule has 0 amide bonds. The van der Waals surface area contributed by atoms with E-state index in [1.165, 1.54) is 25.7 Å². The first-order chi connectivity index (χ1) is 6.45. The summed E-state index contributed by atoms with van der Waals surface area (Å²) in [4.78, 5) is 10.8. The Labute approximate surface area is 87.4 Å². The van der Waals surface area contributed by atoms with Gasteiger partial charge in [-0.15, -0.1) is 0 Å². The van der Waals surface area contributed by atoms with Crippen LogP contribution in [-0.4, -0.2) is 12.8 Å². The molecule has 0 aliphatic carbocycles. The number of hydrogen-bond donors (Lipinski definition) is 0. The monoisotopic (exact) mass is 221 g/mol. The van der Waals surface area contributed by atoms with Gasteiger partial charge in [-0.25, -0.2) is 0 Å². The summed E-state index contributed by atoms with van der Waals surface area (Å²) in [7, 11) is -3.53. The Bertz CT molecular complexity index is 176. The summed E-state index contributed by atoms with van der Waals surface area (Å²) in [6.07, 6.45) is 6.65. The first kappa shape index (κ1) is 14.2. The van der Waals surface area contributed by atoms with Crippen molar-refractivity contribution < 1.29 is 14.0 Å². The SMILES string of the molecule is CCCCCCCC(C)OP(C)(=O)[O-]. The highest BCUT2D eigenvalue weighted by molar-refractivity contribution is 7.50. The third kappa shape index (κ3) is 10.2. The van der Waals surface area contributed by atoms with Crippen LogP contribution in [0.3, 0.4) is 0 Å². The van der Waals surface area contributed by atoms with E-state index < -0.39 is 7.60 Å². The standard InChI is InChI=1S/C10H23O3P/c1-4-5-6-7-8-9-10(2)13-14(3,11)12/h10H,4-9H2,1-3H3,(H,11,12)/p-1. The Balaban J connectivity index is 3.36. The quantitative estimate of drug-likeness (QED) is 0.467. The molecule has 86 valence electrons. The molecule has 0 aliphatic heterocycles. The van der Waals surface area contributed by atoms with E-state index in [2.05, 4.69) is 6.92 Å². The normalized spacial score (nSPS) is 17.7. The first-order valence-electron chi connectivity index (χ1n) is 5.42. The van der Waals surface area contributed by atoms with Crippen LogP contribution in [0.25, 0.3) is 0 Å². The van der Waals surface area contributed by atoms with E-state index in [-0.39, 0.29) is 6.10 Å². The van der Waals surface area contributed by atoms with E-state index in [1.807, 2.05) is 6.92 Å². The largest absolute Gasteiger partial charge is 0.779 e. The molecule has 0 fully saturated rings. The van der Waals surface area contributed by atoms with E-state index in [4.69, 9.17) is 4.52 Å². The van der Waals surface area contributed by atoms with Crippen LogP contribution in [0.4, 0.5) is 0 Å². The van der Waals surface area contributed by atoms with Gasteiger partial charge in [-0.2, -0.15) is 0 Å². The molecular weight excluding hydrogens is 199 g/mol. The molecule has 0 spiro atoms. The molecule has 2 atom stereocenters. The summed E-state index contributed by atoms with van der Waals surface area (Å²) in [5.74, 6) is 0. The fraction of sp³-hybridized carbons (Fsp3) is 1.00. The van der Waals surface area contributed by atoms with Gasteiger partial charge in [0.2, 0.25) is 0 Å². The first-order valence-corrected chi connectivity index (χ1v) is 7.41. The Morgan fingerprint density at radius 1 is 1.29 bits per heavy atom. The predicted molar refractivity (Wildman–Crippen MR) is 57.5 cm³/mol. The molecule has 0 bridgehead atoms. The van der Waals surface area contributed by atoms with Gasteiger partial charge in [0, 0.05) is 6.66 Å². The molecule has 0 aromatic rings. The van der Waals surface area contributed by atoms with E-state index >= 15 is 0 Å². The Morgan fingerprint density at radius 3 is 2.36 bits per heavy atom. The Kier molecular flexibility index (Phi) is 7.52. The summed E-state index contributed by atoms with van der Waals surface area (Å²) in [6.45, 7) is 5.12.